The molecule has 0 unspecified atom stereocenters. The second-order valence-corrected chi connectivity index (χ2v) is 8.24. The zero-order valence-electron chi connectivity index (χ0n) is 17.3. The van der Waals surface area contributed by atoms with Gasteiger partial charge in [-0.1, -0.05) is 6.07 Å². The number of nitrogens with zero attached hydrogens (tertiary/aromatic N) is 9. The van der Waals surface area contributed by atoms with Crippen LogP contribution in [0.2, 0.25) is 0 Å². The molecule has 154 valence electrons. The fourth-order valence-corrected chi connectivity index (χ4v) is 4.08. The molecule has 9 nitrogen and oxygen atoms in total. The Morgan fingerprint density at radius 2 is 1.90 bits per heavy atom. The summed E-state index contributed by atoms with van der Waals surface area (Å²) in [5.74, 6) is 1.28. The number of aryl methyl sites for hydroxylation is 1. The van der Waals surface area contributed by atoms with E-state index in [9.17, 15) is 0 Å². The molecule has 0 spiro atoms. The Morgan fingerprint density at radius 1 is 1.00 bits per heavy atom. The lowest BCUT2D eigenvalue weighted by molar-refractivity contribution is 0.130. The number of fused-ring (bicyclic) bond motifs is 2. The fraction of sp³-hybridized carbons (Fsp3) is 0.273. The van der Waals surface area contributed by atoms with Gasteiger partial charge in [0.2, 0.25) is 0 Å². The molecule has 9 heteroatoms. The maximum absolute atomic E-state index is 4.66. The Hall–Kier alpha value is -3.72. The second kappa shape index (κ2) is 6.92. The number of likely N-dealkylation sites (N-methyl/N-ethyl adjacent to an activating group) is 1. The molecule has 1 aliphatic heterocycles. The Balaban J connectivity index is 1.31. The third-order valence-electron chi connectivity index (χ3n) is 5.78. The minimum atomic E-state index is 0.462. The summed E-state index contributed by atoms with van der Waals surface area (Å²) < 4.78 is 3.77. The standard InChI is InChI=1S/C22H21N9/c1-14-8-24-22-27-26-21(31(22)28-14)6-15-3-4-20-16(5-15)7-17(9-23-20)18-10-25-30(11-18)19-12-29(2)13-19/h3-5,7-11,19H,6,12-13H2,1-2H3. The average molecular weight is 411 g/mol. The minimum Gasteiger partial charge on any atom is -0.302 e. The van der Waals surface area contributed by atoms with Gasteiger partial charge in [-0.05, 0) is 37.7 Å². The summed E-state index contributed by atoms with van der Waals surface area (Å²) in [6, 6.07) is 8.91. The van der Waals surface area contributed by atoms with E-state index < -0.39 is 0 Å². The van der Waals surface area contributed by atoms with Crippen molar-refractivity contribution in [3.8, 4) is 11.1 Å². The van der Waals surface area contributed by atoms with E-state index in [1.165, 1.54) is 0 Å². The molecule has 0 amide bonds. The highest BCUT2D eigenvalue weighted by molar-refractivity contribution is 5.84. The van der Waals surface area contributed by atoms with E-state index in [1.807, 2.05) is 25.4 Å². The van der Waals surface area contributed by atoms with Crippen molar-refractivity contribution in [1.82, 2.24) is 44.5 Å². The quantitative estimate of drug-likeness (QED) is 0.448. The van der Waals surface area contributed by atoms with Crippen LogP contribution < -0.4 is 0 Å². The molecule has 1 aromatic carbocycles. The molecule has 31 heavy (non-hydrogen) atoms. The number of hydrogen-bond donors (Lipinski definition) is 0. The lowest BCUT2D eigenvalue weighted by Crippen LogP contribution is -2.45. The summed E-state index contributed by atoms with van der Waals surface area (Å²) in [5.41, 5.74) is 5.07. The first-order chi connectivity index (χ1) is 15.1. The van der Waals surface area contributed by atoms with Gasteiger partial charge in [0.1, 0.15) is 0 Å². The van der Waals surface area contributed by atoms with Crippen LogP contribution in [0, 0.1) is 6.92 Å². The topological polar surface area (TPSA) is 89.9 Å². The molecule has 5 aromatic rings. The Morgan fingerprint density at radius 3 is 2.77 bits per heavy atom. The summed E-state index contributed by atoms with van der Waals surface area (Å²) in [5, 5.41) is 18.5. The van der Waals surface area contributed by atoms with Crippen LogP contribution in [0.25, 0.3) is 27.8 Å². The number of rotatable bonds is 4. The number of benzene rings is 1. The summed E-state index contributed by atoms with van der Waals surface area (Å²) in [4.78, 5) is 11.2. The Bertz CT molecular complexity index is 1410. The molecule has 0 atom stereocenters. The van der Waals surface area contributed by atoms with Crippen molar-refractivity contribution in [3.05, 3.63) is 66.1 Å². The Kier molecular flexibility index (Phi) is 4.03. The summed E-state index contributed by atoms with van der Waals surface area (Å²) >= 11 is 0. The van der Waals surface area contributed by atoms with Crippen molar-refractivity contribution in [1.29, 1.82) is 0 Å². The molecule has 1 fully saturated rings. The SMILES string of the molecule is Cc1cnc2nnc(Cc3ccc4ncc(-c5cnn(C6CN(C)C6)c5)cc4c3)n2n1. The van der Waals surface area contributed by atoms with Crippen molar-refractivity contribution in [2.75, 3.05) is 20.1 Å². The average Bonchev–Trinajstić information content (AvgIpc) is 3.38. The highest BCUT2D eigenvalue weighted by Gasteiger charge is 2.25. The summed E-state index contributed by atoms with van der Waals surface area (Å²) in [6.07, 6.45) is 8.28. The van der Waals surface area contributed by atoms with Gasteiger partial charge in [0.05, 0.1) is 29.6 Å². The van der Waals surface area contributed by atoms with Gasteiger partial charge in [-0.3, -0.25) is 9.67 Å². The molecule has 0 N–H and O–H groups in total. The van der Waals surface area contributed by atoms with E-state index in [-0.39, 0.29) is 0 Å². The largest absolute Gasteiger partial charge is 0.302 e. The van der Waals surface area contributed by atoms with Gasteiger partial charge in [0.15, 0.2) is 5.82 Å². The highest BCUT2D eigenvalue weighted by Crippen LogP contribution is 2.26. The molecule has 5 heterocycles. The van der Waals surface area contributed by atoms with Crippen LogP contribution in [-0.4, -0.2) is 64.6 Å². The lowest BCUT2D eigenvalue weighted by Gasteiger charge is -2.36. The van der Waals surface area contributed by atoms with Crippen LogP contribution in [0.15, 0.2) is 49.1 Å². The molecule has 1 aliphatic rings. The molecular formula is C22H21N9. The van der Waals surface area contributed by atoms with Crippen LogP contribution >= 0.6 is 0 Å². The van der Waals surface area contributed by atoms with Crippen LogP contribution in [0.3, 0.4) is 0 Å². The first-order valence-electron chi connectivity index (χ1n) is 10.3. The number of pyridine rings is 1. The molecular weight excluding hydrogens is 390 g/mol. The van der Waals surface area contributed by atoms with E-state index in [4.69, 9.17) is 0 Å². The van der Waals surface area contributed by atoms with Crippen LogP contribution in [-0.2, 0) is 6.42 Å². The van der Waals surface area contributed by atoms with Crippen molar-refractivity contribution in [2.45, 2.75) is 19.4 Å². The van der Waals surface area contributed by atoms with Gasteiger partial charge >= 0.3 is 0 Å². The maximum Gasteiger partial charge on any atom is 0.271 e. The van der Waals surface area contributed by atoms with Crippen molar-refractivity contribution in [2.24, 2.45) is 0 Å². The number of hydrogen-bond acceptors (Lipinski definition) is 7. The van der Waals surface area contributed by atoms with Gasteiger partial charge in [0.25, 0.3) is 5.78 Å². The van der Waals surface area contributed by atoms with E-state index in [1.54, 1.807) is 10.7 Å². The predicted octanol–water partition coefficient (Wildman–Crippen LogP) is 2.32. The first-order valence-corrected chi connectivity index (χ1v) is 10.3. The molecule has 0 saturated carbocycles. The van der Waals surface area contributed by atoms with Crippen LogP contribution in [0.4, 0.5) is 0 Å². The fourth-order valence-electron chi connectivity index (χ4n) is 4.08. The predicted molar refractivity (Wildman–Crippen MR) is 116 cm³/mol. The van der Waals surface area contributed by atoms with E-state index in [0.717, 1.165) is 52.2 Å². The Labute approximate surface area is 178 Å². The summed E-state index contributed by atoms with van der Waals surface area (Å²) in [6.45, 7) is 3.99. The molecule has 0 radical (unpaired) electrons. The van der Waals surface area contributed by atoms with Gasteiger partial charge in [-0.15, -0.1) is 10.2 Å². The van der Waals surface area contributed by atoms with Gasteiger partial charge in [-0.25, -0.2) is 4.98 Å². The third-order valence-corrected chi connectivity index (χ3v) is 5.78. The summed E-state index contributed by atoms with van der Waals surface area (Å²) in [7, 11) is 2.13. The molecule has 0 aliphatic carbocycles. The zero-order chi connectivity index (χ0) is 20.9. The minimum absolute atomic E-state index is 0.462. The monoisotopic (exact) mass is 411 g/mol. The van der Waals surface area contributed by atoms with E-state index in [0.29, 0.717) is 18.2 Å². The third kappa shape index (κ3) is 3.23. The maximum atomic E-state index is 4.66. The zero-order valence-corrected chi connectivity index (χ0v) is 17.3. The normalized spacial score (nSPS) is 15.0. The first kappa shape index (κ1) is 18.1. The van der Waals surface area contributed by atoms with E-state index in [2.05, 4.69) is 71.4 Å². The van der Waals surface area contributed by atoms with Crippen molar-refractivity contribution >= 4 is 16.7 Å². The molecule has 4 aromatic heterocycles. The van der Waals surface area contributed by atoms with Crippen LogP contribution in [0.5, 0.6) is 0 Å². The van der Waals surface area contributed by atoms with E-state index >= 15 is 0 Å². The smallest absolute Gasteiger partial charge is 0.271 e. The lowest BCUT2D eigenvalue weighted by atomic mass is 10.0. The van der Waals surface area contributed by atoms with Crippen molar-refractivity contribution in [3.63, 3.8) is 0 Å². The molecule has 6 rings (SSSR count). The molecule has 1 saturated heterocycles. The highest BCUT2D eigenvalue weighted by atomic mass is 15.4. The number of aromatic nitrogens is 8. The second-order valence-electron chi connectivity index (χ2n) is 8.24. The van der Waals surface area contributed by atoms with Gasteiger partial charge in [-0.2, -0.15) is 14.7 Å². The number of likely N-dealkylation sites (tertiary alicyclic amines) is 1. The van der Waals surface area contributed by atoms with Crippen LogP contribution in [0.1, 0.15) is 23.1 Å². The van der Waals surface area contributed by atoms with Gasteiger partial charge in [0, 0.05) is 48.4 Å². The van der Waals surface area contributed by atoms with Crippen molar-refractivity contribution < 1.29 is 0 Å². The van der Waals surface area contributed by atoms with Gasteiger partial charge < -0.3 is 4.90 Å². The molecule has 0 bridgehead atoms.